The van der Waals surface area contributed by atoms with Gasteiger partial charge in [-0.05, 0) is 6.07 Å². The second-order valence-electron chi connectivity index (χ2n) is 2.95. The van der Waals surface area contributed by atoms with Gasteiger partial charge in [0.25, 0.3) is 6.43 Å². The van der Waals surface area contributed by atoms with E-state index < -0.39 is 18.0 Å². The van der Waals surface area contributed by atoms with Gasteiger partial charge in [-0.15, -0.1) is 0 Å². The van der Waals surface area contributed by atoms with E-state index in [0.717, 1.165) is 13.2 Å². The zero-order valence-electron chi connectivity index (χ0n) is 8.71. The standard InChI is InChI=1S/C10H7BrF2N2O2/c1-17-10(16)6-2-5(4-14)8(9(12)13)7(3-11)15-6/h2,9H,3H2,1H3. The van der Waals surface area contributed by atoms with Gasteiger partial charge in [-0.1, -0.05) is 15.9 Å². The fourth-order valence-electron chi connectivity index (χ4n) is 1.25. The third-order valence-corrected chi connectivity index (χ3v) is 2.53. The lowest BCUT2D eigenvalue weighted by Crippen LogP contribution is -2.10. The Kier molecular flexibility index (Phi) is 4.52. The van der Waals surface area contributed by atoms with Crippen LogP contribution in [0.15, 0.2) is 6.07 Å². The van der Waals surface area contributed by atoms with Crippen molar-refractivity contribution in [2.24, 2.45) is 0 Å². The third kappa shape index (κ3) is 2.77. The molecule has 0 radical (unpaired) electrons. The number of esters is 1. The maximum absolute atomic E-state index is 12.7. The summed E-state index contributed by atoms with van der Waals surface area (Å²) in [5.74, 6) is -0.774. The van der Waals surface area contributed by atoms with E-state index in [4.69, 9.17) is 5.26 Å². The summed E-state index contributed by atoms with van der Waals surface area (Å²) in [4.78, 5) is 15.0. The molecule has 0 aliphatic rings. The summed E-state index contributed by atoms with van der Waals surface area (Å²) in [6, 6.07) is 2.62. The molecule has 1 aromatic heterocycles. The highest BCUT2D eigenvalue weighted by molar-refractivity contribution is 9.08. The van der Waals surface area contributed by atoms with Crippen molar-refractivity contribution >= 4 is 21.9 Å². The number of aromatic nitrogens is 1. The van der Waals surface area contributed by atoms with Crippen LogP contribution in [0, 0.1) is 11.3 Å². The summed E-state index contributed by atoms with van der Waals surface area (Å²) in [5, 5.41) is 8.81. The Bertz CT molecular complexity index is 486. The maximum atomic E-state index is 12.7. The van der Waals surface area contributed by atoms with Gasteiger partial charge in [0.2, 0.25) is 0 Å². The largest absolute Gasteiger partial charge is 0.464 e. The molecule has 0 saturated carbocycles. The highest BCUT2D eigenvalue weighted by Crippen LogP contribution is 2.27. The van der Waals surface area contributed by atoms with E-state index in [2.05, 4.69) is 25.7 Å². The highest BCUT2D eigenvalue weighted by atomic mass is 79.9. The van der Waals surface area contributed by atoms with E-state index in [9.17, 15) is 13.6 Å². The fourth-order valence-corrected chi connectivity index (χ4v) is 1.68. The van der Waals surface area contributed by atoms with Crippen LogP contribution >= 0.6 is 15.9 Å². The first-order valence-electron chi connectivity index (χ1n) is 4.41. The van der Waals surface area contributed by atoms with Crippen molar-refractivity contribution in [2.45, 2.75) is 11.8 Å². The van der Waals surface area contributed by atoms with Crippen molar-refractivity contribution in [2.75, 3.05) is 7.11 Å². The molecule has 0 aromatic carbocycles. The van der Waals surface area contributed by atoms with E-state index in [1.807, 2.05) is 0 Å². The number of carbonyl (C=O) groups is 1. The molecular weight excluding hydrogens is 298 g/mol. The Labute approximate surface area is 104 Å². The molecule has 1 rings (SSSR count). The molecule has 0 bridgehead atoms. The molecule has 1 heterocycles. The number of alkyl halides is 3. The number of nitrogens with zero attached hydrogens (tertiary/aromatic N) is 2. The number of pyridine rings is 1. The predicted octanol–water partition coefficient (Wildman–Crippen LogP) is 2.57. The van der Waals surface area contributed by atoms with Crippen molar-refractivity contribution in [3.8, 4) is 6.07 Å². The van der Waals surface area contributed by atoms with Crippen LogP contribution in [0.25, 0.3) is 0 Å². The summed E-state index contributed by atoms with van der Waals surface area (Å²) in [6.45, 7) is 0. The molecule has 0 fully saturated rings. The SMILES string of the molecule is COC(=O)c1cc(C#N)c(C(F)F)c(CBr)n1. The van der Waals surface area contributed by atoms with Crippen LogP contribution in [0.2, 0.25) is 0 Å². The lowest BCUT2D eigenvalue weighted by molar-refractivity contribution is 0.0593. The Morgan fingerprint density at radius 3 is 2.76 bits per heavy atom. The minimum Gasteiger partial charge on any atom is -0.464 e. The molecule has 7 heteroatoms. The van der Waals surface area contributed by atoms with Gasteiger partial charge in [-0.25, -0.2) is 18.6 Å². The molecule has 0 atom stereocenters. The molecule has 0 saturated heterocycles. The van der Waals surface area contributed by atoms with E-state index in [1.54, 1.807) is 6.07 Å². The number of hydrogen-bond donors (Lipinski definition) is 0. The van der Waals surface area contributed by atoms with Gasteiger partial charge < -0.3 is 4.74 Å². The minimum atomic E-state index is -2.82. The van der Waals surface area contributed by atoms with Crippen molar-refractivity contribution in [3.05, 3.63) is 28.6 Å². The number of rotatable bonds is 3. The van der Waals surface area contributed by atoms with E-state index >= 15 is 0 Å². The zero-order valence-corrected chi connectivity index (χ0v) is 10.3. The first kappa shape index (κ1) is 13.5. The Morgan fingerprint density at radius 1 is 1.71 bits per heavy atom. The molecular formula is C10H7BrF2N2O2. The number of ether oxygens (including phenoxy) is 1. The fraction of sp³-hybridized carbons (Fsp3) is 0.300. The van der Waals surface area contributed by atoms with E-state index in [0.29, 0.717) is 0 Å². The first-order valence-corrected chi connectivity index (χ1v) is 5.53. The Balaban J connectivity index is 3.46. The van der Waals surface area contributed by atoms with Crippen LogP contribution in [0.4, 0.5) is 8.78 Å². The van der Waals surface area contributed by atoms with Gasteiger partial charge in [0.1, 0.15) is 5.69 Å². The van der Waals surface area contributed by atoms with Gasteiger partial charge >= 0.3 is 5.97 Å². The summed E-state index contributed by atoms with van der Waals surface area (Å²) in [6.07, 6.45) is -2.82. The number of hydrogen-bond acceptors (Lipinski definition) is 4. The lowest BCUT2D eigenvalue weighted by atomic mass is 10.1. The van der Waals surface area contributed by atoms with Gasteiger partial charge in [-0.2, -0.15) is 5.26 Å². The van der Waals surface area contributed by atoms with Gasteiger partial charge in [-0.3, -0.25) is 0 Å². The van der Waals surface area contributed by atoms with Gasteiger partial charge in [0, 0.05) is 5.33 Å². The average Bonchev–Trinajstić information content (AvgIpc) is 2.35. The molecule has 90 valence electrons. The Hall–Kier alpha value is -1.55. The van der Waals surface area contributed by atoms with Crippen LogP contribution in [0.3, 0.4) is 0 Å². The van der Waals surface area contributed by atoms with Gasteiger partial charge in [0.05, 0.1) is 30.0 Å². The van der Waals surface area contributed by atoms with E-state index in [-0.39, 0.29) is 22.3 Å². The molecule has 0 unspecified atom stereocenters. The van der Waals surface area contributed by atoms with Crippen molar-refractivity contribution in [1.29, 1.82) is 5.26 Å². The molecule has 0 aliphatic heterocycles. The lowest BCUT2D eigenvalue weighted by Gasteiger charge is -2.09. The molecule has 4 nitrogen and oxygen atoms in total. The second-order valence-corrected chi connectivity index (χ2v) is 3.51. The Morgan fingerprint density at radius 2 is 2.35 bits per heavy atom. The topological polar surface area (TPSA) is 63.0 Å². The van der Waals surface area contributed by atoms with Crippen LogP contribution in [0.5, 0.6) is 0 Å². The second kappa shape index (κ2) is 5.68. The predicted molar refractivity (Wildman–Crippen MR) is 57.9 cm³/mol. The van der Waals surface area contributed by atoms with E-state index in [1.165, 1.54) is 0 Å². The first-order chi connectivity index (χ1) is 8.04. The number of halogens is 3. The van der Waals surface area contributed by atoms with Crippen molar-refractivity contribution < 1.29 is 18.3 Å². The smallest absolute Gasteiger partial charge is 0.356 e. The van der Waals surface area contributed by atoms with Gasteiger partial charge in [0.15, 0.2) is 0 Å². The van der Waals surface area contributed by atoms with Crippen LogP contribution < -0.4 is 0 Å². The summed E-state index contributed by atoms with van der Waals surface area (Å²) in [5.41, 5.74) is -0.941. The molecule has 0 amide bonds. The number of carbonyl (C=O) groups excluding carboxylic acids is 1. The normalized spacial score (nSPS) is 10.1. The van der Waals surface area contributed by atoms with Crippen LogP contribution in [-0.4, -0.2) is 18.1 Å². The third-order valence-electron chi connectivity index (χ3n) is 2.00. The molecule has 0 N–H and O–H groups in total. The summed E-state index contributed by atoms with van der Waals surface area (Å²) >= 11 is 2.99. The maximum Gasteiger partial charge on any atom is 0.356 e. The average molecular weight is 305 g/mol. The van der Waals surface area contributed by atoms with Crippen molar-refractivity contribution in [3.63, 3.8) is 0 Å². The number of methoxy groups -OCH3 is 1. The molecule has 0 aliphatic carbocycles. The molecule has 17 heavy (non-hydrogen) atoms. The highest BCUT2D eigenvalue weighted by Gasteiger charge is 2.22. The summed E-state index contributed by atoms with van der Waals surface area (Å²) < 4.78 is 29.9. The quantitative estimate of drug-likeness (QED) is 0.636. The number of nitriles is 1. The minimum absolute atomic E-state index is 0.0200. The zero-order chi connectivity index (χ0) is 13.0. The summed E-state index contributed by atoms with van der Waals surface area (Å²) in [7, 11) is 1.14. The molecule has 1 aromatic rings. The van der Waals surface area contributed by atoms with Crippen LogP contribution in [-0.2, 0) is 10.1 Å². The molecule has 0 spiro atoms. The van der Waals surface area contributed by atoms with Crippen molar-refractivity contribution in [1.82, 2.24) is 4.98 Å². The monoisotopic (exact) mass is 304 g/mol. The van der Waals surface area contributed by atoms with Crippen LogP contribution in [0.1, 0.15) is 33.7 Å².